The summed E-state index contributed by atoms with van der Waals surface area (Å²) in [6.07, 6.45) is 0.793. The van der Waals surface area contributed by atoms with E-state index in [9.17, 15) is 9.59 Å². The van der Waals surface area contributed by atoms with Gasteiger partial charge in [-0.15, -0.1) is 0 Å². The van der Waals surface area contributed by atoms with Crippen molar-refractivity contribution in [2.24, 2.45) is 11.0 Å². The molecule has 3 aromatic carbocycles. The summed E-state index contributed by atoms with van der Waals surface area (Å²) in [5.41, 5.74) is 4.07. The van der Waals surface area contributed by atoms with E-state index in [1.165, 1.54) is 12.3 Å². The van der Waals surface area contributed by atoms with Crippen molar-refractivity contribution < 1.29 is 23.8 Å². The molecular weight excluding hydrogens is 645 g/mol. The number of hydrogen-bond donors (Lipinski definition) is 2. The number of nitrogens with one attached hydrogen (secondary N) is 2. The third-order valence-corrected chi connectivity index (χ3v) is 6.88. The summed E-state index contributed by atoms with van der Waals surface area (Å²) in [5, 5.41) is 7.62. The van der Waals surface area contributed by atoms with Crippen molar-refractivity contribution in [2.45, 2.75) is 46.3 Å². The molecule has 0 aliphatic carbocycles. The molecule has 2 amide bonds. The number of ether oxygens (including phenoxy) is 3. The smallest absolute Gasteiger partial charge is 0.262 e. The molecule has 224 valence electrons. The van der Waals surface area contributed by atoms with Gasteiger partial charge in [0.1, 0.15) is 11.8 Å². The number of benzene rings is 3. The first-order valence-corrected chi connectivity index (χ1v) is 15.0. The molecule has 0 aliphatic rings. The number of amides is 2. The van der Waals surface area contributed by atoms with Crippen LogP contribution in [0, 0.1) is 5.92 Å². The predicted octanol–water partition coefficient (Wildman–Crippen LogP) is 6.83. The van der Waals surface area contributed by atoms with Gasteiger partial charge in [0.25, 0.3) is 11.8 Å². The fraction of sp³-hybridized carbons (Fsp3) is 0.323. The largest absolute Gasteiger partial charge is 0.490 e. The van der Waals surface area contributed by atoms with E-state index >= 15 is 0 Å². The standard InChI is InChI=1S/C31H34BrCl2N3O5/c1-5-40-28-15-22(13-24(32)29(28)41-18-19(2)3)17-35-37-31(39)26(14-21-9-7-6-8-10-21)36-30(38)20(4)42-27-12-11-23(33)16-25(27)34/h6-13,15-17,19-20,26H,5,14,18H2,1-4H3,(H,36,38)(H,37,39)/b35-17-/t20-,26-/m1/s1. The Labute approximate surface area is 264 Å². The highest BCUT2D eigenvalue weighted by Crippen LogP contribution is 2.37. The van der Waals surface area contributed by atoms with Gasteiger partial charge in [0.15, 0.2) is 17.6 Å². The van der Waals surface area contributed by atoms with Crippen LogP contribution in [0.4, 0.5) is 0 Å². The third-order valence-electron chi connectivity index (χ3n) is 5.76. The average Bonchev–Trinajstić information content (AvgIpc) is 2.94. The second kappa shape index (κ2) is 16.4. The maximum Gasteiger partial charge on any atom is 0.262 e. The molecule has 42 heavy (non-hydrogen) atoms. The van der Waals surface area contributed by atoms with Crippen LogP contribution in [0.5, 0.6) is 17.2 Å². The topological polar surface area (TPSA) is 98.2 Å². The van der Waals surface area contributed by atoms with Gasteiger partial charge in [0.2, 0.25) is 0 Å². The highest BCUT2D eigenvalue weighted by atomic mass is 79.9. The predicted molar refractivity (Wildman–Crippen MR) is 170 cm³/mol. The van der Waals surface area contributed by atoms with Gasteiger partial charge in [-0.25, -0.2) is 5.43 Å². The van der Waals surface area contributed by atoms with Crippen molar-refractivity contribution in [1.82, 2.24) is 10.7 Å². The van der Waals surface area contributed by atoms with Gasteiger partial charge in [-0.1, -0.05) is 67.4 Å². The van der Waals surface area contributed by atoms with E-state index in [4.69, 9.17) is 37.4 Å². The Bertz CT molecular complexity index is 1390. The van der Waals surface area contributed by atoms with Crippen LogP contribution in [0.25, 0.3) is 0 Å². The molecule has 11 heteroatoms. The van der Waals surface area contributed by atoms with Crippen molar-refractivity contribution >= 4 is 57.2 Å². The van der Waals surface area contributed by atoms with Crippen molar-refractivity contribution in [2.75, 3.05) is 13.2 Å². The molecule has 0 spiro atoms. The van der Waals surface area contributed by atoms with Gasteiger partial charge in [-0.05, 0) is 77.2 Å². The third kappa shape index (κ3) is 10.2. The highest BCUT2D eigenvalue weighted by molar-refractivity contribution is 9.10. The maximum atomic E-state index is 13.2. The van der Waals surface area contributed by atoms with Gasteiger partial charge < -0.3 is 19.5 Å². The van der Waals surface area contributed by atoms with Crippen molar-refractivity contribution in [1.29, 1.82) is 0 Å². The lowest BCUT2D eigenvalue weighted by molar-refractivity contribution is -0.132. The zero-order chi connectivity index (χ0) is 30.6. The quantitative estimate of drug-likeness (QED) is 0.144. The van der Waals surface area contributed by atoms with E-state index in [1.807, 2.05) is 43.3 Å². The summed E-state index contributed by atoms with van der Waals surface area (Å²) in [4.78, 5) is 26.3. The number of hydrogen-bond acceptors (Lipinski definition) is 6. The van der Waals surface area contributed by atoms with Crippen molar-refractivity contribution in [3.8, 4) is 17.2 Å². The van der Waals surface area contributed by atoms with Crippen LogP contribution >= 0.6 is 39.1 Å². The Morgan fingerprint density at radius 2 is 1.71 bits per heavy atom. The molecule has 0 saturated heterocycles. The molecule has 0 heterocycles. The molecule has 0 bridgehead atoms. The number of hydrazone groups is 1. The SMILES string of the molecule is CCOc1cc(/C=N\NC(=O)[C@@H](Cc2ccccc2)NC(=O)[C@@H](C)Oc2ccc(Cl)cc2Cl)cc(Br)c1OCC(C)C. The molecule has 2 N–H and O–H groups in total. The normalized spacial score (nSPS) is 12.6. The van der Waals surface area contributed by atoms with Crippen molar-refractivity contribution in [3.63, 3.8) is 0 Å². The minimum atomic E-state index is -0.941. The molecule has 3 rings (SSSR count). The summed E-state index contributed by atoms with van der Waals surface area (Å²) in [5.74, 6) is 0.815. The summed E-state index contributed by atoms with van der Waals surface area (Å²) < 4.78 is 18.1. The maximum absolute atomic E-state index is 13.2. The van der Waals surface area contributed by atoms with E-state index < -0.39 is 24.0 Å². The second-order valence-corrected chi connectivity index (χ2v) is 11.5. The van der Waals surface area contributed by atoms with Crippen LogP contribution in [0.2, 0.25) is 10.0 Å². The number of carbonyl (C=O) groups excluding carboxylic acids is 2. The van der Waals surface area contributed by atoms with Gasteiger partial charge >= 0.3 is 0 Å². The molecule has 0 aliphatic heterocycles. The lowest BCUT2D eigenvalue weighted by Gasteiger charge is -2.21. The number of nitrogens with zero attached hydrogens (tertiary/aromatic N) is 1. The fourth-order valence-electron chi connectivity index (χ4n) is 3.73. The summed E-state index contributed by atoms with van der Waals surface area (Å²) in [7, 11) is 0. The van der Waals surface area contributed by atoms with Gasteiger partial charge in [0, 0.05) is 11.4 Å². The summed E-state index contributed by atoms with van der Waals surface area (Å²) in [6, 6.07) is 16.7. The van der Waals surface area contributed by atoms with E-state index in [0.717, 1.165) is 5.56 Å². The molecule has 0 unspecified atom stereocenters. The lowest BCUT2D eigenvalue weighted by atomic mass is 10.1. The minimum Gasteiger partial charge on any atom is -0.490 e. The zero-order valence-electron chi connectivity index (χ0n) is 23.8. The first-order chi connectivity index (χ1) is 20.1. The van der Waals surface area contributed by atoms with Crippen LogP contribution in [-0.4, -0.2) is 43.4 Å². The number of rotatable bonds is 14. The Kier molecular flexibility index (Phi) is 13.0. The number of carbonyl (C=O) groups is 2. The Hall–Kier alpha value is -3.27. The lowest BCUT2D eigenvalue weighted by Crippen LogP contribution is -2.50. The first kappa shape index (κ1) is 33.2. The zero-order valence-corrected chi connectivity index (χ0v) is 26.9. The summed E-state index contributed by atoms with van der Waals surface area (Å²) in [6.45, 7) is 8.57. The average molecular weight is 679 g/mol. The molecule has 0 saturated carbocycles. The van der Waals surface area contributed by atoms with Crippen molar-refractivity contribution in [3.05, 3.63) is 86.3 Å². The van der Waals surface area contributed by atoms with E-state index in [0.29, 0.717) is 51.4 Å². The van der Waals surface area contributed by atoms with E-state index in [1.54, 1.807) is 25.1 Å². The van der Waals surface area contributed by atoms with E-state index in [2.05, 4.69) is 45.6 Å². The van der Waals surface area contributed by atoms with Crippen LogP contribution in [0.1, 0.15) is 38.8 Å². The van der Waals surface area contributed by atoms with Gasteiger partial charge in [-0.3, -0.25) is 9.59 Å². The molecule has 0 aromatic heterocycles. The first-order valence-electron chi connectivity index (χ1n) is 13.4. The Morgan fingerprint density at radius 1 is 0.976 bits per heavy atom. The molecule has 8 nitrogen and oxygen atoms in total. The fourth-order valence-corrected chi connectivity index (χ4v) is 4.75. The van der Waals surface area contributed by atoms with Crippen LogP contribution in [-0.2, 0) is 16.0 Å². The molecular formula is C31H34BrCl2N3O5. The molecule has 0 radical (unpaired) electrons. The van der Waals surface area contributed by atoms with E-state index in [-0.39, 0.29) is 11.4 Å². The Balaban J connectivity index is 1.73. The van der Waals surface area contributed by atoms with Gasteiger partial charge in [0.05, 0.1) is 28.9 Å². The van der Waals surface area contributed by atoms with Crippen LogP contribution in [0.15, 0.2) is 70.2 Å². The molecule has 3 aromatic rings. The second-order valence-electron chi connectivity index (χ2n) is 9.79. The Morgan fingerprint density at radius 3 is 2.38 bits per heavy atom. The molecule has 0 fully saturated rings. The van der Waals surface area contributed by atoms with Crippen LogP contribution < -0.4 is 25.0 Å². The molecule has 2 atom stereocenters. The minimum absolute atomic E-state index is 0.240. The number of halogens is 3. The monoisotopic (exact) mass is 677 g/mol. The highest BCUT2D eigenvalue weighted by Gasteiger charge is 2.25. The summed E-state index contributed by atoms with van der Waals surface area (Å²) >= 11 is 15.7. The van der Waals surface area contributed by atoms with Gasteiger partial charge in [-0.2, -0.15) is 5.10 Å². The van der Waals surface area contributed by atoms with Crippen LogP contribution in [0.3, 0.4) is 0 Å².